The van der Waals surface area contributed by atoms with Gasteiger partial charge in [0.1, 0.15) is 0 Å². The Labute approximate surface area is 423 Å². The number of unbranched alkanes of at least 4 members (excludes halogenated alkanes) is 40. The fourth-order valence-corrected chi connectivity index (χ4v) is 11.3. The van der Waals surface area contributed by atoms with E-state index in [-0.39, 0.29) is 5.41 Å². The van der Waals surface area contributed by atoms with E-state index >= 15 is 0 Å². The highest BCUT2D eigenvalue weighted by atomic mass is 14.3. The standard InChI is InChI=1S/C67H118/c1-7-11-15-19-23-27-31-35-39-43-47-53-61-55-51-59-65(63(61)57-49-45-41-37-33-29-25-21-17-13-9-3)67(5,6)66-60-52-56-62(54-48-44-40-36-32-28-24-20-16-12-8-2)64(66)58-50-46-42-38-34-30-26-22-18-14-10-4/h51-52,55-56H,7-50,53-54,57-58H2,1-6H3. The van der Waals surface area contributed by atoms with Crippen molar-refractivity contribution in [2.45, 2.75) is 355 Å². The average Bonchev–Trinajstić information content (AvgIpc) is 3.33. The van der Waals surface area contributed by atoms with Crippen molar-refractivity contribution in [1.29, 1.82) is 0 Å². The SMILES string of the molecule is CCCCCCCCCCCCCc1cc[c]c(C(C)(C)c2[c]ccc(CCCCCCCCCCCCC)c2CCCCCCCCCCCCC)c1CCCCCCCCCCCCC. The van der Waals surface area contributed by atoms with Crippen molar-refractivity contribution in [2.75, 3.05) is 0 Å². The van der Waals surface area contributed by atoms with Crippen LogP contribution >= 0.6 is 0 Å². The van der Waals surface area contributed by atoms with E-state index in [0.717, 1.165) is 0 Å². The smallest absolute Gasteiger partial charge is 0.0164 e. The maximum Gasteiger partial charge on any atom is 0.0164 e. The van der Waals surface area contributed by atoms with Gasteiger partial charge < -0.3 is 0 Å². The third-order valence-corrected chi connectivity index (χ3v) is 15.8. The molecule has 0 amide bonds. The summed E-state index contributed by atoms with van der Waals surface area (Å²) in [6.07, 6.45) is 66.9. The van der Waals surface area contributed by atoms with Gasteiger partial charge >= 0.3 is 0 Å². The summed E-state index contributed by atoms with van der Waals surface area (Å²) in [4.78, 5) is 0. The molecule has 0 aliphatic heterocycles. The molecule has 2 aromatic rings. The quantitative estimate of drug-likeness (QED) is 0.0580. The Hall–Kier alpha value is -1.56. The molecule has 0 atom stereocenters. The highest BCUT2D eigenvalue weighted by Crippen LogP contribution is 2.39. The van der Waals surface area contributed by atoms with Gasteiger partial charge in [-0.15, -0.1) is 0 Å². The molecule has 67 heavy (non-hydrogen) atoms. The van der Waals surface area contributed by atoms with Gasteiger partial charge in [0.15, 0.2) is 0 Å². The fraction of sp³-hybridized carbons (Fsp3) is 0.821. The third-order valence-electron chi connectivity index (χ3n) is 15.8. The highest BCUT2D eigenvalue weighted by Gasteiger charge is 2.30. The molecule has 0 saturated heterocycles. The Morgan fingerprint density at radius 1 is 0.269 bits per heavy atom. The highest BCUT2D eigenvalue weighted by molar-refractivity contribution is 5.49. The molecule has 0 unspecified atom stereocenters. The first kappa shape index (κ1) is 61.6. The number of rotatable bonds is 50. The summed E-state index contributed by atoms with van der Waals surface area (Å²) in [6, 6.07) is 17.5. The second kappa shape index (κ2) is 44.4. The molecule has 2 aromatic carbocycles. The Kier molecular flexibility index (Phi) is 40.8. The second-order valence-electron chi connectivity index (χ2n) is 22.5. The zero-order valence-corrected chi connectivity index (χ0v) is 46.8. The molecule has 2 radical (unpaired) electrons. The molecule has 0 aromatic heterocycles. The molecule has 0 saturated carbocycles. The summed E-state index contributed by atoms with van der Waals surface area (Å²) in [5.74, 6) is 0. The van der Waals surface area contributed by atoms with Crippen LogP contribution in [0, 0.1) is 12.1 Å². The van der Waals surface area contributed by atoms with E-state index in [1.807, 2.05) is 0 Å². The van der Waals surface area contributed by atoms with E-state index in [0.29, 0.717) is 0 Å². The van der Waals surface area contributed by atoms with Gasteiger partial charge in [0.05, 0.1) is 0 Å². The summed E-state index contributed by atoms with van der Waals surface area (Å²) < 4.78 is 0. The molecular weight excluding hydrogens is 805 g/mol. The van der Waals surface area contributed by atoms with Crippen LogP contribution in [0.3, 0.4) is 0 Å². The summed E-state index contributed by atoms with van der Waals surface area (Å²) in [5.41, 5.74) is 9.44. The van der Waals surface area contributed by atoms with Gasteiger partial charge in [-0.1, -0.05) is 323 Å². The number of benzene rings is 2. The second-order valence-corrected chi connectivity index (χ2v) is 22.5. The fourth-order valence-electron chi connectivity index (χ4n) is 11.3. The van der Waals surface area contributed by atoms with E-state index < -0.39 is 0 Å². The first-order valence-electron chi connectivity index (χ1n) is 31.1. The van der Waals surface area contributed by atoms with E-state index in [9.17, 15) is 0 Å². The third kappa shape index (κ3) is 30.7. The van der Waals surface area contributed by atoms with Gasteiger partial charge in [-0.2, -0.15) is 0 Å². The molecular formula is C67H118. The van der Waals surface area contributed by atoms with Gasteiger partial charge in [-0.25, -0.2) is 0 Å². The van der Waals surface area contributed by atoms with Crippen molar-refractivity contribution >= 4 is 0 Å². The van der Waals surface area contributed by atoms with Crippen molar-refractivity contribution < 1.29 is 0 Å². The lowest BCUT2D eigenvalue weighted by molar-refractivity contribution is 0.542. The van der Waals surface area contributed by atoms with E-state index in [2.05, 4.69) is 77.9 Å². The molecule has 0 aliphatic carbocycles. The lowest BCUT2D eigenvalue weighted by atomic mass is 9.71. The maximum atomic E-state index is 3.98. The lowest BCUT2D eigenvalue weighted by Crippen LogP contribution is -2.25. The van der Waals surface area contributed by atoms with Crippen molar-refractivity contribution in [3.8, 4) is 0 Å². The lowest BCUT2D eigenvalue weighted by Gasteiger charge is -2.33. The van der Waals surface area contributed by atoms with Crippen molar-refractivity contribution in [1.82, 2.24) is 0 Å². The summed E-state index contributed by atoms with van der Waals surface area (Å²) >= 11 is 0. The Bertz CT molecular complexity index is 1240. The van der Waals surface area contributed by atoms with Gasteiger partial charge in [0.2, 0.25) is 0 Å². The molecule has 0 heterocycles. The summed E-state index contributed by atoms with van der Waals surface area (Å²) in [7, 11) is 0. The van der Waals surface area contributed by atoms with Gasteiger partial charge in [0, 0.05) is 5.41 Å². The predicted molar refractivity (Wildman–Crippen MR) is 303 cm³/mol. The van der Waals surface area contributed by atoms with Gasteiger partial charge in [0.25, 0.3) is 0 Å². The normalized spacial score (nSPS) is 11.9. The molecule has 0 spiro atoms. The zero-order valence-electron chi connectivity index (χ0n) is 46.8. The van der Waals surface area contributed by atoms with Crippen LogP contribution in [0.25, 0.3) is 0 Å². The number of aryl methyl sites for hydroxylation is 2. The molecule has 0 N–H and O–H groups in total. The first-order chi connectivity index (χ1) is 33.0. The Balaban J connectivity index is 2.20. The first-order valence-corrected chi connectivity index (χ1v) is 31.1. The van der Waals surface area contributed by atoms with Crippen molar-refractivity contribution in [3.05, 3.63) is 69.8 Å². The average molecular weight is 924 g/mol. The van der Waals surface area contributed by atoms with E-state index in [1.54, 1.807) is 22.3 Å². The Morgan fingerprint density at radius 2 is 0.463 bits per heavy atom. The van der Waals surface area contributed by atoms with Crippen LogP contribution in [-0.2, 0) is 31.1 Å². The van der Waals surface area contributed by atoms with Crippen LogP contribution in [-0.4, -0.2) is 0 Å². The molecule has 0 nitrogen and oxygen atoms in total. The molecule has 2 rings (SSSR count). The molecule has 0 heteroatoms. The van der Waals surface area contributed by atoms with Gasteiger partial charge in [-0.05, 0) is 96.9 Å². The van der Waals surface area contributed by atoms with E-state index in [1.165, 1.54) is 319 Å². The van der Waals surface area contributed by atoms with Crippen molar-refractivity contribution in [3.63, 3.8) is 0 Å². The summed E-state index contributed by atoms with van der Waals surface area (Å²) in [5, 5.41) is 0. The van der Waals surface area contributed by atoms with Crippen LogP contribution in [0.2, 0.25) is 0 Å². The van der Waals surface area contributed by atoms with Gasteiger partial charge in [-0.3, -0.25) is 0 Å². The van der Waals surface area contributed by atoms with Crippen LogP contribution in [0.4, 0.5) is 0 Å². The minimum Gasteiger partial charge on any atom is -0.0654 e. The molecule has 386 valence electrons. The van der Waals surface area contributed by atoms with E-state index in [4.69, 9.17) is 0 Å². The molecule has 0 aliphatic rings. The van der Waals surface area contributed by atoms with Crippen molar-refractivity contribution in [2.24, 2.45) is 0 Å². The number of hydrogen-bond donors (Lipinski definition) is 0. The molecule has 0 fully saturated rings. The summed E-state index contributed by atoms with van der Waals surface area (Å²) in [6.45, 7) is 14.4. The van der Waals surface area contributed by atoms with Crippen LogP contribution in [0.5, 0.6) is 0 Å². The van der Waals surface area contributed by atoms with Crippen LogP contribution in [0.1, 0.15) is 357 Å². The largest absolute Gasteiger partial charge is 0.0654 e. The zero-order chi connectivity index (χ0) is 48.1. The molecule has 0 bridgehead atoms. The minimum atomic E-state index is -0.111. The minimum absolute atomic E-state index is 0.111. The van der Waals surface area contributed by atoms with Crippen LogP contribution in [0.15, 0.2) is 24.3 Å². The van der Waals surface area contributed by atoms with Crippen LogP contribution < -0.4 is 0 Å². The number of hydrogen-bond acceptors (Lipinski definition) is 0. The predicted octanol–water partition coefficient (Wildman–Crippen LogP) is 23.0. The monoisotopic (exact) mass is 923 g/mol. The maximum absolute atomic E-state index is 3.98. The Morgan fingerprint density at radius 3 is 0.687 bits per heavy atom. The topological polar surface area (TPSA) is 0 Å².